The highest BCUT2D eigenvalue weighted by Gasteiger charge is 2.17. The Balaban J connectivity index is 2.55. The van der Waals surface area contributed by atoms with E-state index in [1.165, 1.54) is 0 Å². The fraction of sp³-hybridized carbons (Fsp3) is 0.625. The Kier molecular flexibility index (Phi) is 3.44. The molecule has 0 aliphatic carbocycles. The first-order valence-electron chi connectivity index (χ1n) is 4.54. The average Bonchev–Trinajstić information content (AvgIpc) is 2.51. The smallest absolute Gasteiger partial charge is 0.277 e. The van der Waals surface area contributed by atoms with Crippen LogP contribution in [0.5, 0.6) is 0 Å². The number of aromatic nitrogens is 2. The molecule has 0 radical (unpaired) electrons. The summed E-state index contributed by atoms with van der Waals surface area (Å²) in [5.41, 5.74) is 5.41. The highest BCUT2D eigenvalue weighted by atomic mass is 16.6. The van der Waals surface area contributed by atoms with Gasteiger partial charge in [0.25, 0.3) is 5.91 Å². The summed E-state index contributed by atoms with van der Waals surface area (Å²) in [7, 11) is 0. The Labute approximate surface area is 81.8 Å². The number of carbonyl (C=O) groups is 1. The predicted octanol–water partition coefficient (Wildman–Crippen LogP) is 0.570. The lowest BCUT2D eigenvalue weighted by molar-refractivity contribution is 0.0929. The second-order valence-electron chi connectivity index (χ2n) is 3.16. The molecule has 1 heterocycles. The van der Waals surface area contributed by atoms with Gasteiger partial charge in [-0.2, -0.15) is 0 Å². The van der Waals surface area contributed by atoms with Crippen molar-refractivity contribution in [2.75, 3.05) is 5.73 Å². The zero-order chi connectivity index (χ0) is 10.6. The number of hydrogen-bond donors (Lipinski definition) is 2. The monoisotopic (exact) mass is 198 g/mol. The van der Waals surface area contributed by atoms with Crippen molar-refractivity contribution < 1.29 is 9.42 Å². The lowest BCUT2D eigenvalue weighted by Gasteiger charge is -2.10. The van der Waals surface area contributed by atoms with E-state index in [1.807, 2.05) is 6.92 Å². The second-order valence-corrected chi connectivity index (χ2v) is 3.16. The molecule has 0 aliphatic rings. The molecule has 78 valence electrons. The van der Waals surface area contributed by atoms with E-state index < -0.39 is 0 Å². The van der Waals surface area contributed by atoms with Gasteiger partial charge in [-0.05, 0) is 23.7 Å². The van der Waals surface area contributed by atoms with Gasteiger partial charge < -0.3 is 11.1 Å². The second kappa shape index (κ2) is 4.59. The molecule has 0 spiro atoms. The van der Waals surface area contributed by atoms with Gasteiger partial charge in [-0.25, -0.2) is 4.63 Å². The van der Waals surface area contributed by atoms with Crippen molar-refractivity contribution in [2.24, 2.45) is 0 Å². The van der Waals surface area contributed by atoms with Crippen LogP contribution in [0.4, 0.5) is 5.82 Å². The van der Waals surface area contributed by atoms with Crippen LogP contribution in [0.3, 0.4) is 0 Å². The molecule has 3 N–H and O–H groups in total. The Morgan fingerprint density at radius 3 is 2.86 bits per heavy atom. The number of nitrogens with zero attached hydrogens (tertiary/aromatic N) is 2. The van der Waals surface area contributed by atoms with Crippen molar-refractivity contribution in [1.82, 2.24) is 15.6 Å². The molecule has 0 bridgehead atoms. The molecule has 1 rings (SSSR count). The molecular weight excluding hydrogens is 184 g/mol. The number of amides is 1. The van der Waals surface area contributed by atoms with Crippen LogP contribution in [0.15, 0.2) is 4.63 Å². The lowest BCUT2D eigenvalue weighted by Crippen LogP contribution is -2.33. The van der Waals surface area contributed by atoms with E-state index >= 15 is 0 Å². The summed E-state index contributed by atoms with van der Waals surface area (Å²) in [4.78, 5) is 11.5. The van der Waals surface area contributed by atoms with Crippen molar-refractivity contribution in [2.45, 2.75) is 32.7 Å². The van der Waals surface area contributed by atoms with Crippen LogP contribution in [-0.4, -0.2) is 22.3 Å². The molecular formula is C8H14N4O2. The zero-order valence-corrected chi connectivity index (χ0v) is 8.28. The first kappa shape index (κ1) is 10.5. The van der Waals surface area contributed by atoms with Gasteiger partial charge in [0.15, 0.2) is 0 Å². The van der Waals surface area contributed by atoms with Crippen molar-refractivity contribution in [3.8, 4) is 0 Å². The maximum absolute atomic E-state index is 11.5. The third-order valence-electron chi connectivity index (χ3n) is 1.83. The molecule has 1 atom stereocenters. The Morgan fingerprint density at radius 1 is 1.64 bits per heavy atom. The third-order valence-corrected chi connectivity index (χ3v) is 1.83. The maximum Gasteiger partial charge on any atom is 0.277 e. The van der Waals surface area contributed by atoms with Gasteiger partial charge in [-0.15, -0.1) is 0 Å². The summed E-state index contributed by atoms with van der Waals surface area (Å²) in [5, 5.41) is 9.47. The topological polar surface area (TPSA) is 94.0 Å². The number of hydrogen-bond acceptors (Lipinski definition) is 5. The van der Waals surface area contributed by atoms with Gasteiger partial charge in [0.1, 0.15) is 0 Å². The largest absolute Gasteiger partial charge is 0.379 e. The zero-order valence-electron chi connectivity index (χ0n) is 8.28. The summed E-state index contributed by atoms with van der Waals surface area (Å²) in [6.45, 7) is 3.97. The number of anilines is 1. The van der Waals surface area contributed by atoms with Gasteiger partial charge in [0.05, 0.1) is 0 Å². The molecule has 1 amide bonds. The van der Waals surface area contributed by atoms with Gasteiger partial charge in [-0.1, -0.05) is 13.3 Å². The van der Waals surface area contributed by atoms with E-state index in [9.17, 15) is 4.79 Å². The van der Waals surface area contributed by atoms with E-state index in [2.05, 4.69) is 27.2 Å². The maximum atomic E-state index is 11.5. The summed E-state index contributed by atoms with van der Waals surface area (Å²) in [6.07, 6.45) is 1.92. The van der Waals surface area contributed by atoms with E-state index in [0.717, 1.165) is 12.8 Å². The predicted molar refractivity (Wildman–Crippen MR) is 50.5 cm³/mol. The molecule has 1 unspecified atom stereocenters. The fourth-order valence-corrected chi connectivity index (χ4v) is 1.15. The minimum atomic E-state index is -0.343. The van der Waals surface area contributed by atoms with E-state index in [0.29, 0.717) is 0 Å². The summed E-state index contributed by atoms with van der Waals surface area (Å²) in [6, 6.07) is 0.101. The van der Waals surface area contributed by atoms with Crippen LogP contribution >= 0.6 is 0 Å². The Morgan fingerprint density at radius 2 is 2.36 bits per heavy atom. The van der Waals surface area contributed by atoms with E-state index in [-0.39, 0.29) is 23.5 Å². The molecule has 0 fully saturated rings. The lowest BCUT2D eigenvalue weighted by atomic mass is 10.2. The van der Waals surface area contributed by atoms with Crippen molar-refractivity contribution in [3.63, 3.8) is 0 Å². The summed E-state index contributed by atoms with van der Waals surface area (Å²) < 4.78 is 4.32. The Bertz CT molecular complexity index is 310. The molecule has 0 aliphatic heterocycles. The average molecular weight is 198 g/mol. The number of rotatable bonds is 4. The molecule has 14 heavy (non-hydrogen) atoms. The van der Waals surface area contributed by atoms with E-state index in [1.54, 1.807) is 0 Å². The van der Waals surface area contributed by atoms with Gasteiger partial charge in [0, 0.05) is 6.04 Å². The molecule has 0 saturated heterocycles. The first-order chi connectivity index (χ1) is 6.65. The highest BCUT2D eigenvalue weighted by Crippen LogP contribution is 2.04. The number of nitrogens with two attached hydrogens (primary N) is 1. The molecule has 0 saturated carbocycles. The molecule has 6 nitrogen and oxygen atoms in total. The SMILES string of the molecule is CCCC(C)NC(=O)c1nonc1N. The molecule has 0 aromatic carbocycles. The minimum Gasteiger partial charge on any atom is -0.379 e. The van der Waals surface area contributed by atoms with Crippen molar-refractivity contribution in [3.05, 3.63) is 5.69 Å². The van der Waals surface area contributed by atoms with Crippen LogP contribution in [0, 0.1) is 0 Å². The molecule has 1 aromatic rings. The van der Waals surface area contributed by atoms with Gasteiger partial charge in [-0.3, -0.25) is 4.79 Å². The highest BCUT2D eigenvalue weighted by molar-refractivity contribution is 5.96. The number of nitrogen functional groups attached to an aromatic ring is 1. The van der Waals surface area contributed by atoms with Crippen LogP contribution in [0.25, 0.3) is 0 Å². The van der Waals surface area contributed by atoms with Crippen LogP contribution in [-0.2, 0) is 0 Å². The van der Waals surface area contributed by atoms with Gasteiger partial charge in [0.2, 0.25) is 11.5 Å². The van der Waals surface area contributed by atoms with Gasteiger partial charge >= 0.3 is 0 Å². The third kappa shape index (κ3) is 2.45. The quantitative estimate of drug-likeness (QED) is 0.737. The summed E-state index contributed by atoms with van der Waals surface area (Å²) in [5.74, 6) is -0.323. The minimum absolute atomic E-state index is 0.0196. The number of carbonyl (C=O) groups excluding carboxylic acids is 1. The van der Waals surface area contributed by atoms with Crippen LogP contribution in [0.1, 0.15) is 37.2 Å². The normalized spacial score (nSPS) is 12.4. The van der Waals surface area contributed by atoms with Crippen molar-refractivity contribution >= 4 is 11.7 Å². The fourth-order valence-electron chi connectivity index (χ4n) is 1.15. The standard InChI is InChI=1S/C8H14N4O2/c1-3-4-5(2)10-8(13)6-7(9)12-14-11-6/h5H,3-4H2,1-2H3,(H2,9,12)(H,10,13). The summed E-state index contributed by atoms with van der Waals surface area (Å²) >= 11 is 0. The van der Waals surface area contributed by atoms with Crippen LogP contribution < -0.4 is 11.1 Å². The van der Waals surface area contributed by atoms with Crippen LogP contribution in [0.2, 0.25) is 0 Å². The van der Waals surface area contributed by atoms with Crippen molar-refractivity contribution in [1.29, 1.82) is 0 Å². The number of nitrogens with one attached hydrogen (secondary N) is 1. The first-order valence-corrected chi connectivity index (χ1v) is 4.54. The molecule has 1 aromatic heterocycles. The Hall–Kier alpha value is -1.59. The van der Waals surface area contributed by atoms with E-state index in [4.69, 9.17) is 5.73 Å². The molecule has 6 heteroatoms.